The van der Waals surface area contributed by atoms with Crippen LogP contribution in [0.25, 0.3) is 0 Å². The van der Waals surface area contributed by atoms with Crippen molar-refractivity contribution in [1.29, 1.82) is 0 Å². The van der Waals surface area contributed by atoms with Crippen LogP contribution in [-0.4, -0.2) is 23.9 Å². The van der Waals surface area contributed by atoms with E-state index in [-0.39, 0.29) is 17.1 Å². The molecule has 0 bridgehead atoms. The summed E-state index contributed by atoms with van der Waals surface area (Å²) < 4.78 is 12.6. The summed E-state index contributed by atoms with van der Waals surface area (Å²) in [6.45, 7) is 5.81. The molecule has 0 atom stereocenters. The first-order valence-electron chi connectivity index (χ1n) is 5.03. The van der Waals surface area contributed by atoms with Crippen LogP contribution in [0.3, 0.4) is 0 Å². The zero-order valence-electron chi connectivity index (χ0n) is 8.96. The molecule has 1 aromatic rings. The van der Waals surface area contributed by atoms with Crippen molar-refractivity contribution in [2.24, 2.45) is 5.41 Å². The van der Waals surface area contributed by atoms with Gasteiger partial charge in [0.25, 0.3) is 5.91 Å². The van der Waals surface area contributed by atoms with E-state index in [2.05, 4.69) is 13.8 Å². The van der Waals surface area contributed by atoms with Crippen LogP contribution in [0.15, 0.2) is 24.3 Å². The number of hydrogen-bond acceptors (Lipinski definition) is 1. The van der Waals surface area contributed by atoms with E-state index in [1.165, 1.54) is 24.3 Å². The highest BCUT2D eigenvalue weighted by molar-refractivity contribution is 5.94. The molecule has 1 heterocycles. The van der Waals surface area contributed by atoms with Crippen LogP contribution in [0.4, 0.5) is 4.39 Å². The maximum atomic E-state index is 12.6. The molecule has 80 valence electrons. The summed E-state index contributed by atoms with van der Waals surface area (Å²) >= 11 is 0. The van der Waals surface area contributed by atoms with Gasteiger partial charge in [-0.25, -0.2) is 4.39 Å². The van der Waals surface area contributed by atoms with Gasteiger partial charge in [0.2, 0.25) is 0 Å². The Hall–Kier alpha value is -1.38. The molecule has 0 saturated carbocycles. The maximum absolute atomic E-state index is 12.6. The van der Waals surface area contributed by atoms with Crippen LogP contribution in [0.5, 0.6) is 0 Å². The average molecular weight is 207 g/mol. The molecule has 0 N–H and O–H groups in total. The quantitative estimate of drug-likeness (QED) is 0.692. The lowest BCUT2D eigenvalue weighted by atomic mass is 9.84. The molecule has 1 aliphatic heterocycles. The van der Waals surface area contributed by atoms with Gasteiger partial charge in [0.1, 0.15) is 5.82 Å². The number of rotatable bonds is 1. The lowest BCUT2D eigenvalue weighted by molar-refractivity contribution is 0.0236. The second kappa shape index (κ2) is 3.33. The Balaban J connectivity index is 2.07. The molecule has 0 spiro atoms. The number of benzene rings is 1. The van der Waals surface area contributed by atoms with E-state index in [4.69, 9.17) is 0 Å². The Morgan fingerprint density at radius 3 is 2.27 bits per heavy atom. The fourth-order valence-corrected chi connectivity index (χ4v) is 1.91. The predicted octanol–water partition coefficient (Wildman–Crippen LogP) is 2.31. The molecule has 0 aromatic heterocycles. The Morgan fingerprint density at radius 1 is 1.27 bits per heavy atom. The molecule has 2 rings (SSSR count). The fraction of sp³-hybridized carbons (Fsp3) is 0.417. The molecule has 0 aliphatic carbocycles. The SMILES string of the molecule is CC1(C)CN(C(=O)c2ccc(F)cc2)C1. The van der Waals surface area contributed by atoms with E-state index in [0.717, 1.165) is 13.1 Å². The zero-order valence-corrected chi connectivity index (χ0v) is 8.96. The van der Waals surface area contributed by atoms with Crippen molar-refractivity contribution in [2.75, 3.05) is 13.1 Å². The Morgan fingerprint density at radius 2 is 1.80 bits per heavy atom. The third kappa shape index (κ3) is 2.01. The van der Waals surface area contributed by atoms with E-state index in [0.29, 0.717) is 5.56 Å². The molecular formula is C12H14FNO. The van der Waals surface area contributed by atoms with Crippen LogP contribution >= 0.6 is 0 Å². The van der Waals surface area contributed by atoms with E-state index in [1.54, 1.807) is 4.90 Å². The highest BCUT2D eigenvalue weighted by atomic mass is 19.1. The Kier molecular flexibility index (Phi) is 2.25. The number of carbonyl (C=O) groups is 1. The summed E-state index contributed by atoms with van der Waals surface area (Å²) in [5.74, 6) is -0.315. The molecule has 0 unspecified atom stereocenters. The first-order chi connectivity index (χ1) is 6.98. The normalized spacial score (nSPS) is 18.5. The van der Waals surface area contributed by atoms with E-state index in [1.807, 2.05) is 0 Å². The minimum absolute atomic E-state index is 0.00525. The van der Waals surface area contributed by atoms with E-state index < -0.39 is 0 Å². The van der Waals surface area contributed by atoms with Crippen LogP contribution in [0.2, 0.25) is 0 Å². The molecule has 15 heavy (non-hydrogen) atoms. The summed E-state index contributed by atoms with van der Waals surface area (Å²) in [5.41, 5.74) is 0.794. The molecule has 1 aromatic carbocycles. The van der Waals surface area contributed by atoms with Crippen molar-refractivity contribution in [2.45, 2.75) is 13.8 Å². The largest absolute Gasteiger partial charge is 0.337 e. The number of nitrogens with zero attached hydrogens (tertiary/aromatic N) is 1. The number of carbonyl (C=O) groups excluding carboxylic acids is 1. The Bertz CT molecular complexity index is 375. The summed E-state index contributed by atoms with van der Waals surface area (Å²) in [6, 6.07) is 5.70. The zero-order chi connectivity index (χ0) is 11.1. The summed E-state index contributed by atoms with van der Waals surface area (Å²) in [4.78, 5) is 13.6. The fourth-order valence-electron chi connectivity index (χ4n) is 1.91. The summed E-state index contributed by atoms with van der Waals surface area (Å²) in [7, 11) is 0. The van der Waals surface area contributed by atoms with Gasteiger partial charge in [-0.1, -0.05) is 13.8 Å². The van der Waals surface area contributed by atoms with Crippen molar-refractivity contribution in [3.8, 4) is 0 Å². The first kappa shape index (κ1) is 10.1. The molecule has 1 amide bonds. The second-order valence-electron chi connectivity index (χ2n) is 4.83. The van der Waals surface area contributed by atoms with Crippen LogP contribution in [0.1, 0.15) is 24.2 Å². The molecule has 3 heteroatoms. The molecule has 0 radical (unpaired) electrons. The lowest BCUT2D eigenvalue weighted by Gasteiger charge is -2.45. The van der Waals surface area contributed by atoms with Gasteiger partial charge in [0.05, 0.1) is 0 Å². The maximum Gasteiger partial charge on any atom is 0.253 e. The lowest BCUT2D eigenvalue weighted by Crippen LogP contribution is -2.55. The van der Waals surface area contributed by atoms with Crippen molar-refractivity contribution >= 4 is 5.91 Å². The minimum Gasteiger partial charge on any atom is -0.337 e. The molecule has 1 aliphatic rings. The third-order valence-electron chi connectivity index (χ3n) is 2.62. The van der Waals surface area contributed by atoms with Gasteiger partial charge in [-0.15, -0.1) is 0 Å². The second-order valence-corrected chi connectivity index (χ2v) is 4.83. The van der Waals surface area contributed by atoms with Gasteiger partial charge in [0.15, 0.2) is 0 Å². The van der Waals surface area contributed by atoms with Crippen molar-refractivity contribution in [1.82, 2.24) is 4.90 Å². The Labute approximate surface area is 88.7 Å². The van der Waals surface area contributed by atoms with E-state index in [9.17, 15) is 9.18 Å². The minimum atomic E-state index is -0.310. The standard InChI is InChI=1S/C12H14FNO/c1-12(2)7-14(8-12)11(15)9-3-5-10(13)6-4-9/h3-6H,7-8H2,1-2H3. The van der Waals surface area contributed by atoms with Crippen LogP contribution < -0.4 is 0 Å². The van der Waals surface area contributed by atoms with Gasteiger partial charge in [-0.2, -0.15) is 0 Å². The van der Waals surface area contributed by atoms with Gasteiger partial charge >= 0.3 is 0 Å². The van der Waals surface area contributed by atoms with Crippen molar-refractivity contribution in [3.63, 3.8) is 0 Å². The van der Waals surface area contributed by atoms with Gasteiger partial charge in [-0.05, 0) is 29.7 Å². The molecule has 2 nitrogen and oxygen atoms in total. The molecule has 1 saturated heterocycles. The molecule has 1 fully saturated rings. The summed E-state index contributed by atoms with van der Waals surface area (Å²) in [5, 5.41) is 0. The van der Waals surface area contributed by atoms with Gasteiger partial charge in [0, 0.05) is 18.7 Å². The topological polar surface area (TPSA) is 20.3 Å². The third-order valence-corrected chi connectivity index (χ3v) is 2.62. The average Bonchev–Trinajstić information content (AvgIpc) is 2.14. The highest BCUT2D eigenvalue weighted by Crippen LogP contribution is 2.29. The van der Waals surface area contributed by atoms with Crippen LogP contribution in [-0.2, 0) is 0 Å². The smallest absolute Gasteiger partial charge is 0.253 e. The number of amides is 1. The number of halogens is 1. The first-order valence-corrected chi connectivity index (χ1v) is 5.03. The number of hydrogen-bond donors (Lipinski definition) is 0. The number of likely N-dealkylation sites (tertiary alicyclic amines) is 1. The molecular weight excluding hydrogens is 193 g/mol. The highest BCUT2D eigenvalue weighted by Gasteiger charge is 2.37. The van der Waals surface area contributed by atoms with E-state index >= 15 is 0 Å². The van der Waals surface area contributed by atoms with Gasteiger partial charge < -0.3 is 4.90 Å². The van der Waals surface area contributed by atoms with Gasteiger partial charge in [-0.3, -0.25) is 4.79 Å². The van der Waals surface area contributed by atoms with Crippen LogP contribution in [0, 0.1) is 11.2 Å². The van der Waals surface area contributed by atoms with Crippen molar-refractivity contribution in [3.05, 3.63) is 35.6 Å². The predicted molar refractivity (Wildman–Crippen MR) is 56.1 cm³/mol. The van der Waals surface area contributed by atoms with Crippen molar-refractivity contribution < 1.29 is 9.18 Å². The monoisotopic (exact) mass is 207 g/mol. The summed E-state index contributed by atoms with van der Waals surface area (Å²) in [6.07, 6.45) is 0.